The van der Waals surface area contributed by atoms with Gasteiger partial charge in [-0.25, -0.2) is 0 Å². The SMILES string of the molecule is O=C(O)C12CC(C1)C(c1ccccc1)C2. The minimum Gasteiger partial charge on any atom is -0.481 e. The molecule has 1 unspecified atom stereocenters. The van der Waals surface area contributed by atoms with Crippen LogP contribution in [0.25, 0.3) is 0 Å². The number of carbonyl (C=O) groups is 1. The Morgan fingerprint density at radius 3 is 2.40 bits per heavy atom. The van der Waals surface area contributed by atoms with Crippen LogP contribution in [0.4, 0.5) is 0 Å². The molecular weight excluding hydrogens is 188 g/mol. The van der Waals surface area contributed by atoms with E-state index in [1.54, 1.807) is 0 Å². The summed E-state index contributed by atoms with van der Waals surface area (Å²) in [5, 5.41) is 9.18. The molecular formula is C13H14O2. The zero-order valence-electron chi connectivity index (χ0n) is 8.52. The minimum atomic E-state index is -0.586. The second-order valence-electron chi connectivity index (χ2n) is 4.98. The Morgan fingerprint density at radius 2 is 1.87 bits per heavy atom. The van der Waals surface area contributed by atoms with E-state index in [1.807, 2.05) is 18.2 Å². The van der Waals surface area contributed by atoms with Gasteiger partial charge in [0.05, 0.1) is 5.41 Å². The van der Waals surface area contributed by atoms with Crippen molar-refractivity contribution in [2.24, 2.45) is 11.3 Å². The second-order valence-corrected chi connectivity index (χ2v) is 4.98. The lowest BCUT2D eigenvalue weighted by Crippen LogP contribution is -2.36. The Morgan fingerprint density at radius 1 is 1.20 bits per heavy atom. The predicted octanol–water partition coefficient (Wildman–Crippen LogP) is 2.65. The van der Waals surface area contributed by atoms with Crippen LogP contribution in [-0.4, -0.2) is 11.1 Å². The maximum Gasteiger partial charge on any atom is 0.309 e. The molecule has 2 heteroatoms. The first-order chi connectivity index (χ1) is 7.21. The predicted molar refractivity (Wildman–Crippen MR) is 56.6 cm³/mol. The molecule has 0 heterocycles. The van der Waals surface area contributed by atoms with Gasteiger partial charge in [0, 0.05) is 0 Å². The first-order valence-electron chi connectivity index (χ1n) is 5.50. The summed E-state index contributed by atoms with van der Waals surface area (Å²) in [5.41, 5.74) is 0.952. The van der Waals surface area contributed by atoms with E-state index in [4.69, 9.17) is 0 Å². The molecule has 0 aromatic heterocycles. The molecule has 78 valence electrons. The van der Waals surface area contributed by atoms with Crippen molar-refractivity contribution in [1.29, 1.82) is 0 Å². The van der Waals surface area contributed by atoms with Gasteiger partial charge in [0.1, 0.15) is 0 Å². The molecule has 1 atom stereocenters. The van der Waals surface area contributed by atoms with Crippen LogP contribution in [0.2, 0.25) is 0 Å². The van der Waals surface area contributed by atoms with E-state index in [-0.39, 0.29) is 5.41 Å². The van der Waals surface area contributed by atoms with Gasteiger partial charge < -0.3 is 5.11 Å². The van der Waals surface area contributed by atoms with Crippen LogP contribution in [0.3, 0.4) is 0 Å². The topological polar surface area (TPSA) is 37.3 Å². The molecule has 4 rings (SSSR count). The molecule has 1 aromatic rings. The van der Waals surface area contributed by atoms with E-state index < -0.39 is 5.97 Å². The summed E-state index contributed by atoms with van der Waals surface area (Å²) in [6.07, 6.45) is 2.63. The lowest BCUT2D eigenvalue weighted by molar-refractivity contribution is -0.153. The summed E-state index contributed by atoms with van der Waals surface area (Å²) in [6, 6.07) is 10.3. The molecule has 3 aliphatic rings. The van der Waals surface area contributed by atoms with Crippen LogP contribution in [0, 0.1) is 11.3 Å². The highest BCUT2D eigenvalue weighted by atomic mass is 16.4. The summed E-state index contributed by atoms with van der Waals surface area (Å²) in [4.78, 5) is 11.1. The third-order valence-corrected chi connectivity index (χ3v) is 4.17. The van der Waals surface area contributed by atoms with Gasteiger partial charge in [-0.1, -0.05) is 30.3 Å². The highest BCUT2D eigenvalue weighted by molar-refractivity contribution is 5.77. The van der Waals surface area contributed by atoms with E-state index in [0.717, 1.165) is 19.3 Å². The van der Waals surface area contributed by atoms with E-state index in [2.05, 4.69) is 12.1 Å². The summed E-state index contributed by atoms with van der Waals surface area (Å²) >= 11 is 0. The van der Waals surface area contributed by atoms with E-state index in [9.17, 15) is 9.90 Å². The zero-order chi connectivity index (χ0) is 10.5. The minimum absolute atomic E-state index is 0.370. The molecule has 3 fully saturated rings. The van der Waals surface area contributed by atoms with Crippen LogP contribution in [-0.2, 0) is 4.79 Å². The fourth-order valence-corrected chi connectivity index (χ4v) is 3.33. The number of carboxylic acid groups (broad SMARTS) is 1. The van der Waals surface area contributed by atoms with Gasteiger partial charge in [-0.15, -0.1) is 0 Å². The molecule has 3 saturated carbocycles. The quantitative estimate of drug-likeness (QED) is 0.800. The maximum atomic E-state index is 11.1. The van der Waals surface area contributed by atoms with Crippen LogP contribution >= 0.6 is 0 Å². The molecule has 0 spiro atoms. The summed E-state index contributed by atoms with van der Waals surface area (Å²) in [7, 11) is 0. The molecule has 15 heavy (non-hydrogen) atoms. The lowest BCUT2D eigenvalue weighted by atomic mass is 9.69. The van der Waals surface area contributed by atoms with Crippen molar-refractivity contribution in [3.8, 4) is 0 Å². The monoisotopic (exact) mass is 202 g/mol. The summed E-state index contributed by atoms with van der Waals surface area (Å²) in [6.45, 7) is 0. The zero-order valence-corrected chi connectivity index (χ0v) is 8.52. The summed E-state index contributed by atoms with van der Waals surface area (Å²) in [5.74, 6) is 0.517. The molecule has 0 saturated heterocycles. The van der Waals surface area contributed by atoms with Crippen molar-refractivity contribution in [3.05, 3.63) is 35.9 Å². The lowest BCUT2D eigenvalue weighted by Gasteiger charge is -2.34. The second kappa shape index (κ2) is 2.84. The van der Waals surface area contributed by atoms with Crippen molar-refractivity contribution < 1.29 is 9.90 Å². The fourth-order valence-electron chi connectivity index (χ4n) is 3.33. The third kappa shape index (κ3) is 1.14. The van der Waals surface area contributed by atoms with Gasteiger partial charge in [0.25, 0.3) is 0 Å². The normalized spacial score (nSPS) is 37.3. The maximum absolute atomic E-state index is 11.1. The summed E-state index contributed by atoms with van der Waals surface area (Å²) < 4.78 is 0. The largest absolute Gasteiger partial charge is 0.481 e. The van der Waals surface area contributed by atoms with Crippen molar-refractivity contribution in [3.63, 3.8) is 0 Å². The Hall–Kier alpha value is -1.31. The average Bonchev–Trinajstić information content (AvgIpc) is 2.73. The average molecular weight is 202 g/mol. The number of carboxylic acids is 1. The fraction of sp³-hybridized carbons (Fsp3) is 0.462. The first-order valence-corrected chi connectivity index (χ1v) is 5.50. The van der Waals surface area contributed by atoms with Crippen molar-refractivity contribution >= 4 is 5.97 Å². The van der Waals surface area contributed by atoms with Crippen LogP contribution < -0.4 is 0 Å². The van der Waals surface area contributed by atoms with Crippen LogP contribution in [0.15, 0.2) is 30.3 Å². The molecule has 1 N–H and O–H groups in total. The van der Waals surface area contributed by atoms with Gasteiger partial charge in [-0.2, -0.15) is 0 Å². The third-order valence-electron chi connectivity index (χ3n) is 4.17. The Kier molecular flexibility index (Phi) is 1.70. The number of hydrogen-bond donors (Lipinski definition) is 1. The highest BCUT2D eigenvalue weighted by Gasteiger charge is 2.60. The van der Waals surface area contributed by atoms with Crippen molar-refractivity contribution in [1.82, 2.24) is 0 Å². The number of fused-ring (bicyclic) bond motifs is 1. The number of rotatable bonds is 2. The smallest absolute Gasteiger partial charge is 0.309 e. The van der Waals surface area contributed by atoms with Gasteiger partial charge in [-0.3, -0.25) is 4.79 Å². The van der Waals surface area contributed by atoms with Crippen molar-refractivity contribution in [2.75, 3.05) is 0 Å². The molecule has 1 aromatic carbocycles. The number of benzene rings is 1. The van der Waals surface area contributed by atoms with Crippen molar-refractivity contribution in [2.45, 2.75) is 25.2 Å². The Balaban J connectivity index is 1.86. The molecule has 0 radical (unpaired) electrons. The van der Waals surface area contributed by atoms with E-state index >= 15 is 0 Å². The van der Waals surface area contributed by atoms with Gasteiger partial charge in [0.15, 0.2) is 0 Å². The van der Waals surface area contributed by atoms with Crippen LogP contribution in [0.5, 0.6) is 0 Å². The molecule has 3 aliphatic carbocycles. The first kappa shape index (κ1) is 8.96. The van der Waals surface area contributed by atoms with Gasteiger partial charge >= 0.3 is 5.97 Å². The standard InChI is InChI=1S/C13H14O2/c14-12(15)13-6-10(7-13)11(8-13)9-4-2-1-3-5-9/h1-5,10-11H,6-8H2,(H,14,15). The Bertz CT molecular complexity index is 390. The Labute approximate surface area is 88.9 Å². The molecule has 0 aliphatic heterocycles. The van der Waals surface area contributed by atoms with Gasteiger partial charge in [-0.05, 0) is 36.7 Å². The molecule has 2 nitrogen and oxygen atoms in total. The molecule has 0 amide bonds. The molecule has 2 bridgehead atoms. The van der Waals surface area contributed by atoms with Gasteiger partial charge in [0.2, 0.25) is 0 Å². The number of hydrogen-bond acceptors (Lipinski definition) is 1. The van der Waals surface area contributed by atoms with E-state index in [1.165, 1.54) is 5.56 Å². The van der Waals surface area contributed by atoms with E-state index in [0.29, 0.717) is 11.8 Å². The number of aliphatic carboxylic acids is 1. The highest BCUT2D eigenvalue weighted by Crippen LogP contribution is 2.65. The van der Waals surface area contributed by atoms with Crippen LogP contribution in [0.1, 0.15) is 30.7 Å².